The van der Waals surface area contributed by atoms with Crippen LogP contribution in [0.3, 0.4) is 0 Å². The molecule has 0 amide bonds. The molecule has 106 valence electrons. The molecule has 1 unspecified atom stereocenters. The number of benzene rings is 2. The van der Waals surface area contributed by atoms with Gasteiger partial charge in [0.05, 0.1) is 13.2 Å². The fraction of sp³-hybridized carbons (Fsp3) is 0.250. The molecular formula is C16H17BrFNO. The maximum absolute atomic E-state index is 13.6. The number of ether oxygens (including phenoxy) is 1. The third kappa shape index (κ3) is 3.19. The van der Waals surface area contributed by atoms with Gasteiger partial charge < -0.3 is 10.1 Å². The standard InChI is InChI=1S/C16H17BrFNO/c1-10-6-11(8-12(18)7-10)16(19-2)14-9-13(20-3)4-5-15(14)17/h4-9,16,19H,1-3H3. The van der Waals surface area contributed by atoms with Gasteiger partial charge in [0.2, 0.25) is 0 Å². The SMILES string of the molecule is CNC(c1cc(C)cc(F)c1)c1cc(OC)ccc1Br. The van der Waals surface area contributed by atoms with E-state index in [4.69, 9.17) is 4.74 Å². The maximum atomic E-state index is 13.6. The predicted molar refractivity (Wildman–Crippen MR) is 82.7 cm³/mol. The summed E-state index contributed by atoms with van der Waals surface area (Å²) in [7, 11) is 3.49. The molecule has 2 aromatic carbocycles. The van der Waals surface area contributed by atoms with Crippen LogP contribution in [-0.2, 0) is 0 Å². The molecule has 2 aromatic rings. The van der Waals surface area contributed by atoms with Crippen molar-refractivity contribution in [1.82, 2.24) is 5.32 Å². The first kappa shape index (κ1) is 15.0. The van der Waals surface area contributed by atoms with Crippen LogP contribution >= 0.6 is 15.9 Å². The summed E-state index contributed by atoms with van der Waals surface area (Å²) in [5, 5.41) is 3.23. The monoisotopic (exact) mass is 337 g/mol. The largest absolute Gasteiger partial charge is 0.497 e. The first-order valence-corrected chi connectivity index (χ1v) is 7.12. The Hall–Kier alpha value is -1.39. The van der Waals surface area contributed by atoms with Crippen LogP contribution in [0.5, 0.6) is 5.75 Å². The summed E-state index contributed by atoms with van der Waals surface area (Å²) in [5.41, 5.74) is 2.80. The molecule has 2 rings (SSSR count). The van der Waals surface area contributed by atoms with Gasteiger partial charge >= 0.3 is 0 Å². The lowest BCUT2D eigenvalue weighted by molar-refractivity contribution is 0.413. The average molecular weight is 338 g/mol. The first-order valence-electron chi connectivity index (χ1n) is 6.33. The van der Waals surface area contributed by atoms with Crippen LogP contribution in [0.1, 0.15) is 22.7 Å². The van der Waals surface area contributed by atoms with Gasteiger partial charge in [-0.2, -0.15) is 0 Å². The second-order valence-electron chi connectivity index (χ2n) is 4.67. The zero-order valence-electron chi connectivity index (χ0n) is 11.7. The number of hydrogen-bond acceptors (Lipinski definition) is 2. The van der Waals surface area contributed by atoms with Crippen molar-refractivity contribution in [2.45, 2.75) is 13.0 Å². The highest BCUT2D eigenvalue weighted by molar-refractivity contribution is 9.10. The molecule has 2 nitrogen and oxygen atoms in total. The molecule has 0 radical (unpaired) electrons. The van der Waals surface area contributed by atoms with E-state index >= 15 is 0 Å². The van der Waals surface area contributed by atoms with Crippen LogP contribution in [0.15, 0.2) is 40.9 Å². The number of hydrogen-bond donors (Lipinski definition) is 1. The second kappa shape index (κ2) is 6.37. The highest BCUT2D eigenvalue weighted by Gasteiger charge is 2.17. The van der Waals surface area contributed by atoms with E-state index in [0.29, 0.717) is 0 Å². The minimum atomic E-state index is -0.223. The summed E-state index contributed by atoms with van der Waals surface area (Å²) in [6, 6.07) is 10.7. The third-order valence-electron chi connectivity index (χ3n) is 3.20. The van der Waals surface area contributed by atoms with E-state index < -0.39 is 0 Å². The number of rotatable bonds is 4. The van der Waals surface area contributed by atoms with Crippen LogP contribution in [-0.4, -0.2) is 14.2 Å². The zero-order chi connectivity index (χ0) is 14.7. The molecule has 0 aliphatic rings. The molecule has 1 N–H and O–H groups in total. The summed E-state index contributed by atoms with van der Waals surface area (Å²) in [4.78, 5) is 0. The normalized spacial score (nSPS) is 12.2. The van der Waals surface area contributed by atoms with E-state index in [2.05, 4.69) is 21.2 Å². The van der Waals surface area contributed by atoms with Crippen LogP contribution in [0, 0.1) is 12.7 Å². The number of nitrogens with one attached hydrogen (secondary N) is 1. The topological polar surface area (TPSA) is 21.3 Å². The molecule has 0 aliphatic heterocycles. The summed E-state index contributed by atoms with van der Waals surface area (Å²) < 4.78 is 19.8. The van der Waals surface area contributed by atoms with Gasteiger partial charge in [-0.05, 0) is 61.0 Å². The van der Waals surface area contributed by atoms with Gasteiger partial charge in [-0.15, -0.1) is 0 Å². The Kier molecular flexibility index (Phi) is 4.78. The molecule has 1 atom stereocenters. The van der Waals surface area contributed by atoms with E-state index in [0.717, 1.165) is 26.9 Å². The molecule has 0 spiro atoms. The molecule has 0 saturated carbocycles. The predicted octanol–water partition coefficient (Wildman–Crippen LogP) is 4.21. The summed E-state index contributed by atoms with van der Waals surface area (Å²) >= 11 is 3.55. The second-order valence-corrected chi connectivity index (χ2v) is 5.53. The Morgan fingerprint density at radius 2 is 1.95 bits per heavy atom. The van der Waals surface area contributed by atoms with Crippen LogP contribution in [0.2, 0.25) is 0 Å². The van der Waals surface area contributed by atoms with Crippen molar-refractivity contribution in [1.29, 1.82) is 0 Å². The van der Waals surface area contributed by atoms with Crippen LogP contribution in [0.4, 0.5) is 4.39 Å². The molecule has 0 aromatic heterocycles. The fourth-order valence-corrected chi connectivity index (χ4v) is 2.78. The summed E-state index contributed by atoms with van der Waals surface area (Å²) in [6.45, 7) is 1.89. The van der Waals surface area contributed by atoms with E-state index in [1.54, 1.807) is 13.2 Å². The van der Waals surface area contributed by atoms with Crippen LogP contribution < -0.4 is 10.1 Å². The molecule has 0 bridgehead atoms. The Balaban J connectivity index is 2.51. The zero-order valence-corrected chi connectivity index (χ0v) is 13.3. The first-order chi connectivity index (χ1) is 9.55. The lowest BCUT2D eigenvalue weighted by Gasteiger charge is -2.20. The quantitative estimate of drug-likeness (QED) is 0.902. The van der Waals surface area contributed by atoms with E-state index in [-0.39, 0.29) is 11.9 Å². The molecule has 20 heavy (non-hydrogen) atoms. The Morgan fingerprint density at radius 3 is 2.55 bits per heavy atom. The van der Waals surface area contributed by atoms with Crippen molar-refractivity contribution in [3.63, 3.8) is 0 Å². The van der Waals surface area contributed by atoms with Crippen molar-refractivity contribution in [2.24, 2.45) is 0 Å². The van der Waals surface area contributed by atoms with E-state index in [1.165, 1.54) is 6.07 Å². The lowest BCUT2D eigenvalue weighted by Crippen LogP contribution is -2.18. The van der Waals surface area contributed by atoms with Crippen LogP contribution in [0.25, 0.3) is 0 Å². The van der Waals surface area contributed by atoms with Gasteiger partial charge in [0, 0.05) is 4.47 Å². The van der Waals surface area contributed by atoms with Crippen molar-refractivity contribution >= 4 is 15.9 Å². The molecule has 0 fully saturated rings. The minimum Gasteiger partial charge on any atom is -0.497 e. The third-order valence-corrected chi connectivity index (χ3v) is 3.92. The fourth-order valence-electron chi connectivity index (χ4n) is 2.30. The van der Waals surface area contributed by atoms with Crippen molar-refractivity contribution in [3.05, 3.63) is 63.4 Å². The minimum absolute atomic E-state index is 0.103. The Morgan fingerprint density at radius 1 is 1.20 bits per heavy atom. The van der Waals surface area contributed by atoms with Crippen molar-refractivity contribution in [3.8, 4) is 5.75 Å². The molecule has 0 heterocycles. The molecule has 4 heteroatoms. The van der Waals surface area contributed by atoms with Crippen molar-refractivity contribution in [2.75, 3.05) is 14.2 Å². The molecular weight excluding hydrogens is 321 g/mol. The van der Waals surface area contributed by atoms with Gasteiger partial charge in [-0.1, -0.05) is 22.0 Å². The highest BCUT2D eigenvalue weighted by Crippen LogP contribution is 2.32. The number of aryl methyl sites for hydroxylation is 1. The number of methoxy groups -OCH3 is 1. The molecule has 0 aliphatic carbocycles. The highest BCUT2D eigenvalue weighted by atomic mass is 79.9. The number of halogens is 2. The van der Waals surface area contributed by atoms with E-state index in [9.17, 15) is 4.39 Å². The summed E-state index contributed by atoms with van der Waals surface area (Å²) in [6.07, 6.45) is 0. The smallest absolute Gasteiger partial charge is 0.123 e. The average Bonchev–Trinajstić information content (AvgIpc) is 2.40. The van der Waals surface area contributed by atoms with Gasteiger partial charge in [-0.25, -0.2) is 4.39 Å². The van der Waals surface area contributed by atoms with Crippen molar-refractivity contribution < 1.29 is 9.13 Å². The van der Waals surface area contributed by atoms with Gasteiger partial charge in [-0.3, -0.25) is 0 Å². The van der Waals surface area contributed by atoms with E-state index in [1.807, 2.05) is 38.2 Å². The lowest BCUT2D eigenvalue weighted by atomic mass is 9.97. The summed E-state index contributed by atoms with van der Waals surface area (Å²) in [5.74, 6) is 0.552. The Bertz CT molecular complexity index is 595. The van der Waals surface area contributed by atoms with Gasteiger partial charge in [0.15, 0.2) is 0 Å². The Labute approximate surface area is 127 Å². The van der Waals surface area contributed by atoms with Gasteiger partial charge in [0.25, 0.3) is 0 Å². The maximum Gasteiger partial charge on any atom is 0.123 e. The van der Waals surface area contributed by atoms with Gasteiger partial charge in [0.1, 0.15) is 11.6 Å². The molecule has 0 saturated heterocycles.